The van der Waals surface area contributed by atoms with Gasteiger partial charge in [-0.25, -0.2) is 0 Å². The van der Waals surface area contributed by atoms with E-state index in [0.717, 1.165) is 108 Å². The first kappa shape index (κ1) is 105. The molecule has 0 unspecified atom stereocenters. The van der Waals surface area contributed by atoms with Gasteiger partial charge in [-0.3, -0.25) is 0 Å². The molecule has 0 saturated heterocycles. The first-order chi connectivity index (χ1) is 67.3. The topological polar surface area (TPSA) is 124 Å². The Bertz CT molecular complexity index is 5920. The minimum atomic E-state index is -1.18. The summed E-state index contributed by atoms with van der Waals surface area (Å²) in [5.41, 5.74) is 35.5. The van der Waals surface area contributed by atoms with Crippen LogP contribution in [0.3, 0.4) is 0 Å². The lowest BCUT2D eigenvalue weighted by Crippen LogP contribution is -2.51. The van der Waals surface area contributed by atoms with E-state index in [1.807, 2.05) is 36.4 Å². The summed E-state index contributed by atoms with van der Waals surface area (Å²) in [6.45, 7) is 98.7. The van der Waals surface area contributed by atoms with E-state index in [1.165, 1.54) is 134 Å². The van der Waals surface area contributed by atoms with Crippen molar-refractivity contribution >= 4 is 34.1 Å². The minimum Gasteiger partial charge on any atom is -0.508 e. The smallest absolute Gasteiger partial charge is 0.127 e. The van der Waals surface area contributed by atoms with Gasteiger partial charge >= 0.3 is 0 Å². The van der Waals surface area contributed by atoms with Gasteiger partial charge in [0, 0.05) is 114 Å². The molecular weight excluding hydrogens is 1790 g/mol. The van der Waals surface area contributed by atoms with E-state index in [4.69, 9.17) is 18.9 Å². The van der Waals surface area contributed by atoms with Gasteiger partial charge in [0.1, 0.15) is 34.5 Å². The fourth-order valence-corrected chi connectivity index (χ4v) is 33.8. The van der Waals surface area contributed by atoms with E-state index in [2.05, 4.69) is 384 Å². The number of fused-ring (bicyclic) bond motifs is 8. The summed E-state index contributed by atoms with van der Waals surface area (Å²) in [7, 11) is 0. The van der Waals surface area contributed by atoms with Crippen molar-refractivity contribution in [3.05, 3.63) is 234 Å². The number of hydrogen-bond acceptors (Lipinski definition) is 10. The number of nitrogens with zero attached hydrogens (tertiary/aromatic N) is 2. The van der Waals surface area contributed by atoms with Gasteiger partial charge in [0.25, 0.3) is 0 Å². The van der Waals surface area contributed by atoms with Crippen molar-refractivity contribution in [1.82, 2.24) is 0 Å². The maximum Gasteiger partial charge on any atom is 0.127 e. The highest BCUT2D eigenvalue weighted by Gasteiger charge is 2.61. The van der Waals surface area contributed by atoms with Crippen LogP contribution in [-0.2, 0) is 86.6 Å². The standard InChI is InChI=1S/C136H178N2O8/c1-75(2)63-143-117-107-99(121(9,10)67-129(107,25)26)93(100-108(117)130(27,28)68-122(100,11)12)79-41-49-83(50-42-79)137(84-51-43-80(44-52-84)94-101-109(131(29,30)69-123(101,13)14)118(144-64-76(3)4)110-102(94)124(15,16)70-132(110,31)32)87-57-59-89(91(139)61-87)97-115(141)98(116(97)142)90-60-58-88(62-92(90)140)138(85-53-45-81(46-54-85)95-103-111(133(33,34)71-125(103,17)18)119(145-65-77(5)6)112-104(95)126(19,20)72-134(112,35)36)86-55-47-82(48-56-86)96-105-113(135(37,38)73-127(105,21)22)120(146-66-78(7)8)114-106(96)128(23,24)74-136(114,39)40/h41-62,75-78,97-98,115-116,139-142H,63-74H2,1-40H3. The lowest BCUT2D eigenvalue weighted by molar-refractivity contribution is -0.0797. The molecule has 0 heterocycles. The van der Waals surface area contributed by atoms with Crippen LogP contribution in [0.2, 0.25) is 0 Å². The molecule has 1 fully saturated rings. The molecule has 10 aromatic carbocycles. The van der Waals surface area contributed by atoms with Crippen LogP contribution in [0.1, 0.15) is 440 Å². The summed E-state index contributed by atoms with van der Waals surface area (Å²) in [4.78, 5) is 4.53. The monoisotopic (exact) mass is 1970 g/mol. The molecular formula is C136H178N2O8. The van der Waals surface area contributed by atoms with Crippen molar-refractivity contribution in [3.8, 4) is 79.0 Å². The highest BCUT2D eigenvalue weighted by molar-refractivity contribution is 5.92. The molecule has 0 amide bonds. The van der Waals surface area contributed by atoms with Gasteiger partial charge in [-0.1, -0.05) is 338 Å². The summed E-state index contributed by atoms with van der Waals surface area (Å²) in [6, 6.07) is 48.5. The number of ether oxygens (including phenoxy) is 4. The van der Waals surface area contributed by atoms with Gasteiger partial charge in [-0.2, -0.15) is 0 Å². The number of hydrogen-bond donors (Lipinski definition) is 4. The van der Waals surface area contributed by atoms with Crippen molar-refractivity contribution in [2.24, 2.45) is 23.7 Å². The summed E-state index contributed by atoms with van der Waals surface area (Å²) < 4.78 is 29.0. The number of aliphatic hydroxyl groups is 2. The van der Waals surface area contributed by atoms with Crippen molar-refractivity contribution in [2.75, 3.05) is 36.2 Å². The third kappa shape index (κ3) is 16.6. The largest absolute Gasteiger partial charge is 0.508 e. The van der Waals surface area contributed by atoms with Crippen molar-refractivity contribution in [3.63, 3.8) is 0 Å². The maximum atomic E-state index is 13.1. The van der Waals surface area contributed by atoms with E-state index < -0.39 is 24.0 Å². The molecule has 146 heavy (non-hydrogen) atoms. The van der Waals surface area contributed by atoms with Gasteiger partial charge < -0.3 is 49.2 Å². The van der Waals surface area contributed by atoms with E-state index in [1.54, 1.807) is 0 Å². The third-order valence-corrected chi connectivity index (χ3v) is 36.4. The fraction of sp³-hybridized carbons (Fsp3) is 0.559. The molecule has 10 nitrogen and oxygen atoms in total. The quantitative estimate of drug-likeness (QED) is 0.0465. The number of aromatic hydroxyl groups is 2. The van der Waals surface area contributed by atoms with E-state index >= 15 is 0 Å². The molecule has 0 bridgehead atoms. The second-order valence-corrected chi connectivity index (χ2v) is 59.6. The number of phenols is 2. The summed E-state index contributed by atoms with van der Waals surface area (Å²) in [5, 5.41) is 52.2. The second kappa shape index (κ2) is 34.0. The average Bonchev–Trinajstić information content (AvgIpc) is 1.53. The number of phenolic OH excluding ortho intramolecular Hbond substituents is 2. The molecule has 0 spiro atoms. The molecule has 10 heteroatoms. The summed E-state index contributed by atoms with van der Waals surface area (Å²) >= 11 is 0. The van der Waals surface area contributed by atoms with Crippen molar-refractivity contribution in [2.45, 2.75) is 439 Å². The van der Waals surface area contributed by atoms with Gasteiger partial charge in [0.2, 0.25) is 0 Å². The minimum absolute atomic E-state index is 0.0428. The first-order valence-electron chi connectivity index (χ1n) is 55.9. The Balaban J connectivity index is 0.723. The highest BCUT2D eigenvalue weighted by Crippen LogP contribution is 2.72. The van der Waals surface area contributed by atoms with Gasteiger partial charge in [-0.15, -0.1) is 0 Å². The SMILES string of the molecule is CC(C)COc1c2c(c(-c3ccc(N(c4ccc(-c5c6c(c(OCC(C)C)c7c5C(C)(C)CC7(C)C)C(C)(C)CC6(C)C)cc4)c4ccc(C5C(O)C(c6ccc(N(c7ccc(-c8c9c(c(OCC(C)C)c%10c8C(C)(C)CC%10(C)C)C(C)(C)CC9(C)C)cc7)c7ccc(-c8c9c(c(OCC(C)C)c%10c8C(C)(C)CC%10(C)C)C(C)(C)CC9(C)C)cc7)cc6O)C5O)c(O)c4)cc3)c3c1C(C)(C)CC3(C)C)C(C)(C)CC2(C)C. The number of benzene rings is 10. The zero-order chi connectivity index (χ0) is 107. The lowest BCUT2D eigenvalue weighted by atomic mass is 9.63. The normalized spacial score (nSPS) is 23.1. The van der Waals surface area contributed by atoms with E-state index in [0.29, 0.717) is 61.2 Å². The van der Waals surface area contributed by atoms with Crippen molar-refractivity contribution < 1.29 is 39.4 Å². The van der Waals surface area contributed by atoms with Crippen LogP contribution < -0.4 is 28.7 Å². The Hall–Kier alpha value is -9.48. The number of anilines is 6. The Morgan fingerprint density at radius 1 is 0.219 bits per heavy atom. The van der Waals surface area contributed by atoms with E-state index in [-0.39, 0.29) is 98.1 Å². The Labute approximate surface area is 879 Å². The Kier molecular flexibility index (Phi) is 24.5. The molecule has 10 aromatic rings. The highest BCUT2D eigenvalue weighted by atomic mass is 16.5. The van der Waals surface area contributed by atoms with Crippen LogP contribution in [0.15, 0.2) is 133 Å². The molecule has 9 aliphatic rings. The van der Waals surface area contributed by atoms with Crippen LogP contribution in [0.4, 0.5) is 34.1 Å². The van der Waals surface area contributed by atoms with Crippen LogP contribution in [0, 0.1) is 23.7 Å². The predicted octanol–water partition coefficient (Wildman–Crippen LogP) is 35.1. The molecule has 780 valence electrons. The Morgan fingerprint density at radius 3 is 0.507 bits per heavy atom. The first-order valence-corrected chi connectivity index (χ1v) is 55.9. The molecule has 9 aliphatic carbocycles. The molecule has 0 aromatic heterocycles. The van der Waals surface area contributed by atoms with Crippen LogP contribution in [-0.4, -0.2) is 59.1 Å². The van der Waals surface area contributed by atoms with Crippen LogP contribution >= 0.6 is 0 Å². The predicted molar refractivity (Wildman–Crippen MR) is 612 cm³/mol. The molecule has 0 atom stereocenters. The molecule has 0 radical (unpaired) electrons. The second-order valence-electron chi connectivity index (χ2n) is 59.6. The summed E-state index contributed by atoms with van der Waals surface area (Å²) in [5.74, 6) is 4.00. The molecule has 0 aliphatic heterocycles. The van der Waals surface area contributed by atoms with Crippen LogP contribution in [0.25, 0.3) is 44.5 Å². The number of aliphatic hydroxyl groups excluding tert-OH is 2. The molecule has 1 saturated carbocycles. The average molecular weight is 1970 g/mol. The third-order valence-electron chi connectivity index (χ3n) is 36.4. The van der Waals surface area contributed by atoms with Gasteiger partial charge in [0.05, 0.1) is 38.6 Å². The summed E-state index contributed by atoms with van der Waals surface area (Å²) in [6.07, 6.45) is 5.56. The zero-order valence-corrected chi connectivity index (χ0v) is 97.1. The van der Waals surface area contributed by atoms with Crippen molar-refractivity contribution in [1.29, 1.82) is 0 Å². The Morgan fingerprint density at radius 2 is 0.363 bits per heavy atom. The lowest BCUT2D eigenvalue weighted by Gasteiger charge is -2.47. The molecule has 4 N–H and O–H groups in total. The fourth-order valence-electron chi connectivity index (χ4n) is 33.8. The van der Waals surface area contributed by atoms with Gasteiger partial charge in [0.15, 0.2) is 0 Å². The number of rotatable bonds is 24. The van der Waals surface area contributed by atoms with Gasteiger partial charge in [-0.05, 0) is 311 Å². The molecule has 19 rings (SSSR count). The maximum absolute atomic E-state index is 13.1. The van der Waals surface area contributed by atoms with E-state index in [9.17, 15) is 20.4 Å². The van der Waals surface area contributed by atoms with Crippen LogP contribution in [0.5, 0.6) is 34.5 Å². The zero-order valence-electron chi connectivity index (χ0n) is 97.1.